The molecule has 0 atom stereocenters. The number of pyridine rings is 1. The largest absolute Gasteiger partial charge is 0.398 e. The van der Waals surface area contributed by atoms with Gasteiger partial charge in [0.1, 0.15) is 15.9 Å². The average Bonchev–Trinajstić information content (AvgIpc) is 2.31. The summed E-state index contributed by atoms with van der Waals surface area (Å²) >= 11 is 5.65. The van der Waals surface area contributed by atoms with Gasteiger partial charge in [0, 0.05) is 6.20 Å². The van der Waals surface area contributed by atoms with Crippen molar-refractivity contribution in [2.24, 2.45) is 0 Å². The summed E-state index contributed by atoms with van der Waals surface area (Å²) in [6.07, 6.45) is 1.34. The van der Waals surface area contributed by atoms with E-state index >= 15 is 0 Å². The molecule has 0 radical (unpaired) electrons. The number of aromatic nitrogens is 1. The summed E-state index contributed by atoms with van der Waals surface area (Å²) in [7, 11) is -3.98. The van der Waals surface area contributed by atoms with E-state index in [9.17, 15) is 12.8 Å². The van der Waals surface area contributed by atoms with E-state index in [1.165, 1.54) is 24.4 Å². The highest BCUT2D eigenvalue weighted by Crippen LogP contribution is 2.23. The van der Waals surface area contributed by atoms with E-state index in [-0.39, 0.29) is 21.4 Å². The number of nitrogens with zero attached hydrogens (tertiary/aromatic N) is 1. The van der Waals surface area contributed by atoms with Crippen molar-refractivity contribution in [2.45, 2.75) is 4.90 Å². The number of nitrogen functional groups attached to an aromatic ring is 1. The van der Waals surface area contributed by atoms with Crippen molar-refractivity contribution in [2.75, 3.05) is 10.5 Å². The molecule has 0 aliphatic rings. The van der Waals surface area contributed by atoms with E-state index < -0.39 is 15.8 Å². The molecule has 0 spiro atoms. The molecule has 8 heteroatoms. The molecule has 1 heterocycles. The molecule has 1 aromatic heterocycles. The Morgan fingerprint density at radius 2 is 2.00 bits per heavy atom. The molecular weight excluding hydrogens is 293 g/mol. The first-order valence-electron chi connectivity index (χ1n) is 5.08. The van der Waals surface area contributed by atoms with Crippen LogP contribution in [0.3, 0.4) is 0 Å². The van der Waals surface area contributed by atoms with E-state index in [0.29, 0.717) is 0 Å². The quantitative estimate of drug-likeness (QED) is 0.672. The Hall–Kier alpha value is -1.86. The lowest BCUT2D eigenvalue weighted by Crippen LogP contribution is -2.15. The predicted molar refractivity (Wildman–Crippen MR) is 70.9 cm³/mol. The van der Waals surface area contributed by atoms with Crippen molar-refractivity contribution >= 4 is 33.0 Å². The second kappa shape index (κ2) is 5.02. The number of rotatable bonds is 3. The Morgan fingerprint density at radius 1 is 1.26 bits per heavy atom. The van der Waals surface area contributed by atoms with E-state index in [2.05, 4.69) is 9.71 Å². The molecule has 2 rings (SSSR count). The molecule has 0 aliphatic heterocycles. The number of nitrogens with one attached hydrogen (secondary N) is 1. The second-order valence-electron chi connectivity index (χ2n) is 3.65. The van der Waals surface area contributed by atoms with Gasteiger partial charge in [0.15, 0.2) is 0 Å². The summed E-state index contributed by atoms with van der Waals surface area (Å²) in [4.78, 5) is 3.39. The number of sulfonamides is 1. The highest BCUT2D eigenvalue weighted by atomic mass is 35.5. The summed E-state index contributed by atoms with van der Waals surface area (Å²) < 4.78 is 39.5. The number of hydrogen-bond acceptors (Lipinski definition) is 4. The predicted octanol–water partition coefficient (Wildman–Crippen LogP) is 2.26. The van der Waals surface area contributed by atoms with Crippen molar-refractivity contribution in [3.05, 3.63) is 47.5 Å². The summed E-state index contributed by atoms with van der Waals surface area (Å²) in [5, 5.41) is 0.132. The van der Waals surface area contributed by atoms with Crippen LogP contribution < -0.4 is 10.5 Å². The minimum Gasteiger partial charge on any atom is -0.398 e. The van der Waals surface area contributed by atoms with Crippen molar-refractivity contribution in [3.8, 4) is 0 Å². The first-order valence-corrected chi connectivity index (χ1v) is 6.94. The third kappa shape index (κ3) is 3.12. The van der Waals surface area contributed by atoms with Gasteiger partial charge in [-0.1, -0.05) is 11.6 Å². The first kappa shape index (κ1) is 13.6. The van der Waals surface area contributed by atoms with Crippen LogP contribution in [-0.2, 0) is 10.0 Å². The molecule has 0 fully saturated rings. The van der Waals surface area contributed by atoms with E-state index in [1.807, 2.05) is 0 Å². The Morgan fingerprint density at radius 3 is 2.68 bits per heavy atom. The minimum absolute atomic E-state index is 0.0472. The number of hydrogen-bond donors (Lipinski definition) is 2. The maximum Gasteiger partial charge on any atom is 0.264 e. The molecule has 0 aliphatic carbocycles. The zero-order valence-corrected chi connectivity index (χ0v) is 11.0. The average molecular weight is 302 g/mol. The molecule has 2 aromatic rings. The first-order chi connectivity index (χ1) is 8.88. The minimum atomic E-state index is -3.98. The number of halogens is 2. The molecule has 0 bridgehead atoms. The fourth-order valence-corrected chi connectivity index (χ4v) is 2.78. The lowest BCUT2D eigenvalue weighted by molar-refractivity contribution is 0.596. The second-order valence-corrected chi connectivity index (χ2v) is 5.69. The normalized spacial score (nSPS) is 11.3. The summed E-state index contributed by atoms with van der Waals surface area (Å²) in [5.41, 5.74) is 5.70. The Bertz CT molecular complexity index is 722. The van der Waals surface area contributed by atoms with Gasteiger partial charge in [0.05, 0.1) is 11.4 Å². The van der Waals surface area contributed by atoms with Crippen molar-refractivity contribution < 1.29 is 12.8 Å². The maximum atomic E-state index is 13.1. The maximum absolute atomic E-state index is 13.1. The molecule has 3 N–H and O–H groups in total. The zero-order chi connectivity index (χ0) is 14.0. The van der Waals surface area contributed by atoms with Crippen LogP contribution in [-0.4, -0.2) is 13.4 Å². The highest BCUT2D eigenvalue weighted by Gasteiger charge is 2.18. The molecule has 0 unspecified atom stereocenters. The van der Waals surface area contributed by atoms with Crippen LogP contribution in [0.1, 0.15) is 0 Å². The van der Waals surface area contributed by atoms with Gasteiger partial charge in [-0.25, -0.2) is 17.8 Å². The fourth-order valence-electron chi connectivity index (χ4n) is 1.42. The van der Waals surface area contributed by atoms with Crippen molar-refractivity contribution in [3.63, 3.8) is 0 Å². The van der Waals surface area contributed by atoms with Crippen molar-refractivity contribution in [1.82, 2.24) is 4.98 Å². The van der Waals surface area contributed by atoms with Gasteiger partial charge in [0.2, 0.25) is 0 Å². The fraction of sp³-hybridized carbons (Fsp3) is 0. The van der Waals surface area contributed by atoms with Crippen LogP contribution in [0.2, 0.25) is 5.15 Å². The van der Waals surface area contributed by atoms with Gasteiger partial charge < -0.3 is 5.73 Å². The number of anilines is 2. The SMILES string of the molecule is Nc1ccc(F)cc1S(=O)(=O)Nc1ccnc(Cl)c1. The van der Waals surface area contributed by atoms with Gasteiger partial charge in [-0.15, -0.1) is 0 Å². The van der Waals surface area contributed by atoms with Crippen LogP contribution in [0.5, 0.6) is 0 Å². The lowest BCUT2D eigenvalue weighted by atomic mass is 10.3. The molecular formula is C11H9ClFN3O2S. The molecule has 5 nitrogen and oxygen atoms in total. The summed E-state index contributed by atoms with van der Waals surface area (Å²) in [6.45, 7) is 0. The molecule has 0 amide bonds. The Labute approximate surface area is 114 Å². The van der Waals surface area contributed by atoms with E-state index in [4.69, 9.17) is 17.3 Å². The van der Waals surface area contributed by atoms with Crippen LogP contribution >= 0.6 is 11.6 Å². The Balaban J connectivity index is 2.40. The third-order valence-electron chi connectivity index (χ3n) is 2.24. The van der Waals surface area contributed by atoms with Gasteiger partial charge in [0.25, 0.3) is 10.0 Å². The van der Waals surface area contributed by atoms with Crippen LogP contribution in [0.4, 0.5) is 15.8 Å². The van der Waals surface area contributed by atoms with Crippen molar-refractivity contribution in [1.29, 1.82) is 0 Å². The van der Waals surface area contributed by atoms with Crippen LogP contribution in [0.15, 0.2) is 41.4 Å². The highest BCUT2D eigenvalue weighted by molar-refractivity contribution is 7.92. The summed E-state index contributed by atoms with van der Waals surface area (Å²) in [5.74, 6) is -0.692. The molecule has 0 saturated carbocycles. The van der Waals surface area contributed by atoms with Crippen LogP contribution in [0.25, 0.3) is 0 Å². The van der Waals surface area contributed by atoms with E-state index in [1.54, 1.807) is 0 Å². The van der Waals surface area contributed by atoms with Gasteiger partial charge in [-0.3, -0.25) is 4.72 Å². The van der Waals surface area contributed by atoms with Gasteiger partial charge in [-0.2, -0.15) is 0 Å². The number of benzene rings is 1. The zero-order valence-electron chi connectivity index (χ0n) is 9.47. The van der Waals surface area contributed by atoms with E-state index in [0.717, 1.165) is 12.1 Å². The monoisotopic (exact) mass is 301 g/mol. The lowest BCUT2D eigenvalue weighted by Gasteiger charge is -2.10. The molecule has 0 saturated heterocycles. The smallest absolute Gasteiger partial charge is 0.264 e. The molecule has 100 valence electrons. The number of nitrogens with two attached hydrogens (primary N) is 1. The standard InChI is InChI=1S/C11H9ClFN3O2S/c12-11-6-8(3-4-15-11)16-19(17,18)10-5-7(13)1-2-9(10)14/h1-6H,14H2,(H,15,16). The van der Waals surface area contributed by atoms with Crippen LogP contribution in [0, 0.1) is 5.82 Å². The molecule has 19 heavy (non-hydrogen) atoms. The van der Waals surface area contributed by atoms with Gasteiger partial charge >= 0.3 is 0 Å². The topological polar surface area (TPSA) is 85.1 Å². The Kier molecular flexibility index (Phi) is 3.59. The molecule has 1 aromatic carbocycles. The van der Waals surface area contributed by atoms with Gasteiger partial charge in [-0.05, 0) is 30.3 Å². The summed E-state index contributed by atoms with van der Waals surface area (Å²) in [6, 6.07) is 5.86. The third-order valence-corrected chi connectivity index (χ3v) is 3.89.